The van der Waals surface area contributed by atoms with Crippen molar-refractivity contribution in [3.8, 4) is 0 Å². The molecule has 1 aliphatic carbocycles. The second-order valence-corrected chi connectivity index (χ2v) is 11.1. The minimum absolute atomic E-state index is 0.0164. The number of nitrogens with one attached hydrogen (secondary N) is 1. The number of likely N-dealkylation sites (tertiary alicyclic amines) is 1. The molecule has 0 unspecified atom stereocenters. The van der Waals surface area contributed by atoms with Gasteiger partial charge in [0, 0.05) is 38.9 Å². The van der Waals surface area contributed by atoms with Crippen LogP contribution in [0.4, 0.5) is 19.0 Å². The summed E-state index contributed by atoms with van der Waals surface area (Å²) in [4.78, 5) is 25.5. The first-order chi connectivity index (χ1) is 17.1. The van der Waals surface area contributed by atoms with Gasteiger partial charge in [-0.1, -0.05) is 13.8 Å². The fraction of sp³-hybridized carbons (Fsp3) is 0.800. The van der Waals surface area contributed by atoms with Gasteiger partial charge in [-0.2, -0.15) is 13.2 Å². The van der Waals surface area contributed by atoms with Gasteiger partial charge in [0.15, 0.2) is 5.69 Å². The molecule has 3 saturated heterocycles. The third kappa shape index (κ3) is 4.58. The number of ether oxygens (including phenoxy) is 2. The molecule has 3 aliphatic heterocycles. The number of nitrogens with zero attached hydrogens (tertiary/aromatic N) is 4. The SMILES string of the molecule is CO[C@@H]1COCC[C@@H]1N[C@@H]1CC[C@@](C(=O)N2C[C@H]3C[C@H]2CN3c2cncc(C(F)(F)F)n2)(C(C)C)C1. The second-order valence-electron chi connectivity index (χ2n) is 11.1. The zero-order valence-corrected chi connectivity index (χ0v) is 21.1. The molecule has 1 N–H and O–H groups in total. The van der Waals surface area contributed by atoms with Crippen molar-refractivity contribution in [1.29, 1.82) is 0 Å². The number of hydrogen-bond acceptors (Lipinski definition) is 7. The number of anilines is 1. The maximum atomic E-state index is 14.0. The fourth-order valence-electron chi connectivity index (χ4n) is 6.73. The Kier molecular flexibility index (Phi) is 6.93. The molecule has 0 spiro atoms. The van der Waals surface area contributed by atoms with Gasteiger partial charge < -0.3 is 24.6 Å². The highest BCUT2D eigenvalue weighted by Gasteiger charge is 2.55. The summed E-state index contributed by atoms with van der Waals surface area (Å²) in [7, 11) is 1.71. The molecule has 2 bridgehead atoms. The predicted molar refractivity (Wildman–Crippen MR) is 126 cm³/mol. The van der Waals surface area contributed by atoms with Gasteiger partial charge in [-0.25, -0.2) is 4.98 Å². The summed E-state index contributed by atoms with van der Waals surface area (Å²) in [5, 5.41) is 3.76. The molecule has 1 saturated carbocycles. The largest absolute Gasteiger partial charge is 0.434 e. The maximum absolute atomic E-state index is 14.0. The van der Waals surface area contributed by atoms with Crippen LogP contribution in [0.2, 0.25) is 0 Å². The summed E-state index contributed by atoms with van der Waals surface area (Å²) in [6.45, 7) is 6.55. The molecular formula is C25H36F3N5O3. The Morgan fingerprint density at radius 3 is 2.72 bits per heavy atom. The number of carbonyl (C=O) groups is 1. The third-order valence-electron chi connectivity index (χ3n) is 8.85. The summed E-state index contributed by atoms with van der Waals surface area (Å²) < 4.78 is 50.6. The smallest absolute Gasteiger partial charge is 0.379 e. The van der Waals surface area contributed by atoms with Gasteiger partial charge in [-0.05, 0) is 38.0 Å². The number of aromatic nitrogens is 2. The Hall–Kier alpha value is -1.98. The average molecular weight is 512 g/mol. The van der Waals surface area contributed by atoms with Crippen LogP contribution in [0.25, 0.3) is 0 Å². The van der Waals surface area contributed by atoms with Crippen molar-refractivity contribution < 1.29 is 27.4 Å². The van der Waals surface area contributed by atoms with Gasteiger partial charge in [0.1, 0.15) is 5.82 Å². The lowest BCUT2D eigenvalue weighted by Gasteiger charge is -2.42. The fourth-order valence-corrected chi connectivity index (χ4v) is 6.73. The van der Waals surface area contributed by atoms with Crippen LogP contribution in [0.5, 0.6) is 0 Å². The summed E-state index contributed by atoms with van der Waals surface area (Å²) in [5.74, 6) is 0.617. The van der Waals surface area contributed by atoms with Gasteiger partial charge >= 0.3 is 6.18 Å². The first-order valence-corrected chi connectivity index (χ1v) is 13.0. The number of hydrogen-bond donors (Lipinski definition) is 1. The highest BCUT2D eigenvalue weighted by Crippen LogP contribution is 2.48. The molecule has 200 valence electrons. The van der Waals surface area contributed by atoms with E-state index in [1.165, 1.54) is 6.20 Å². The molecular weight excluding hydrogens is 475 g/mol. The normalized spacial score (nSPS) is 34.7. The topological polar surface area (TPSA) is 79.8 Å². The summed E-state index contributed by atoms with van der Waals surface area (Å²) >= 11 is 0. The molecule has 4 fully saturated rings. The van der Waals surface area contributed by atoms with E-state index in [4.69, 9.17) is 9.47 Å². The van der Waals surface area contributed by atoms with Crippen LogP contribution in [-0.4, -0.2) is 84.5 Å². The minimum Gasteiger partial charge on any atom is -0.379 e. The van der Waals surface area contributed by atoms with Crippen LogP contribution in [0.15, 0.2) is 12.4 Å². The van der Waals surface area contributed by atoms with Crippen LogP contribution in [-0.2, 0) is 20.4 Å². The zero-order valence-electron chi connectivity index (χ0n) is 21.1. The molecule has 1 amide bonds. The lowest BCUT2D eigenvalue weighted by atomic mass is 9.74. The molecule has 6 atom stereocenters. The van der Waals surface area contributed by atoms with E-state index in [1.807, 2.05) is 9.80 Å². The van der Waals surface area contributed by atoms with Gasteiger partial charge in [0.25, 0.3) is 0 Å². The number of methoxy groups -OCH3 is 1. The predicted octanol–water partition coefficient (Wildman–Crippen LogP) is 2.87. The van der Waals surface area contributed by atoms with E-state index >= 15 is 0 Å². The van der Waals surface area contributed by atoms with E-state index in [1.54, 1.807) is 7.11 Å². The van der Waals surface area contributed by atoms with E-state index in [2.05, 4.69) is 29.1 Å². The number of rotatable bonds is 6. The molecule has 0 radical (unpaired) electrons. The second kappa shape index (κ2) is 9.72. The molecule has 1 aromatic rings. The third-order valence-corrected chi connectivity index (χ3v) is 8.85. The Bertz CT molecular complexity index is 963. The van der Waals surface area contributed by atoms with Crippen molar-refractivity contribution in [1.82, 2.24) is 20.2 Å². The number of fused-ring (bicyclic) bond motifs is 2. The summed E-state index contributed by atoms with van der Waals surface area (Å²) in [6.07, 6.45) is 1.81. The zero-order chi connectivity index (χ0) is 25.7. The highest BCUT2D eigenvalue weighted by molar-refractivity contribution is 5.84. The number of halogens is 3. The Morgan fingerprint density at radius 2 is 2.06 bits per heavy atom. The molecule has 4 heterocycles. The highest BCUT2D eigenvalue weighted by atomic mass is 19.4. The number of amides is 1. The minimum atomic E-state index is -4.53. The summed E-state index contributed by atoms with van der Waals surface area (Å²) in [5.41, 5.74) is -1.42. The Balaban J connectivity index is 1.26. The lowest BCUT2D eigenvalue weighted by molar-refractivity contribution is -0.146. The molecule has 8 nitrogen and oxygen atoms in total. The van der Waals surface area contributed by atoms with Crippen molar-refractivity contribution in [2.75, 3.05) is 38.3 Å². The van der Waals surface area contributed by atoms with E-state index in [9.17, 15) is 18.0 Å². The van der Waals surface area contributed by atoms with Crippen molar-refractivity contribution in [2.24, 2.45) is 11.3 Å². The van der Waals surface area contributed by atoms with Gasteiger partial charge in [-0.15, -0.1) is 0 Å². The van der Waals surface area contributed by atoms with Crippen LogP contribution < -0.4 is 10.2 Å². The lowest BCUT2D eigenvalue weighted by Crippen LogP contribution is -2.55. The van der Waals surface area contributed by atoms with Gasteiger partial charge in [0.2, 0.25) is 5.91 Å². The van der Waals surface area contributed by atoms with Crippen molar-refractivity contribution >= 4 is 11.7 Å². The van der Waals surface area contributed by atoms with Crippen molar-refractivity contribution in [3.05, 3.63) is 18.1 Å². The monoisotopic (exact) mass is 511 g/mol. The van der Waals surface area contributed by atoms with E-state index < -0.39 is 17.3 Å². The standard InChI is InChI=1S/C25H36F3N5O3/c1-15(2)24(6-4-16(9-24)30-19-5-7-36-14-20(19)35-3)23(34)33-13-17-8-18(33)12-32(17)22-11-29-10-21(31-22)25(26,27)28/h10-11,15-20,30H,4-9,12-14H2,1-3H3/t16-,17-,18+,19+,20-,24+/m1/s1. The number of piperazine rings is 1. The van der Waals surface area contributed by atoms with Crippen LogP contribution in [0.3, 0.4) is 0 Å². The van der Waals surface area contributed by atoms with Crippen molar-refractivity contribution in [2.45, 2.75) is 82.4 Å². The van der Waals surface area contributed by atoms with Gasteiger partial charge in [0.05, 0.1) is 42.6 Å². The van der Waals surface area contributed by atoms with E-state index in [0.29, 0.717) is 26.3 Å². The molecule has 11 heteroatoms. The van der Waals surface area contributed by atoms with Crippen LogP contribution >= 0.6 is 0 Å². The van der Waals surface area contributed by atoms with E-state index in [0.717, 1.165) is 38.3 Å². The van der Waals surface area contributed by atoms with Gasteiger partial charge in [-0.3, -0.25) is 9.78 Å². The van der Waals surface area contributed by atoms with Crippen molar-refractivity contribution in [3.63, 3.8) is 0 Å². The molecule has 4 aliphatic rings. The average Bonchev–Trinajstić information content (AvgIpc) is 3.58. The molecule has 1 aromatic heterocycles. The Labute approximate surface area is 209 Å². The quantitative estimate of drug-likeness (QED) is 0.629. The summed E-state index contributed by atoms with van der Waals surface area (Å²) in [6, 6.07) is 0.404. The first kappa shape index (κ1) is 25.7. The van der Waals surface area contributed by atoms with Crippen LogP contribution in [0, 0.1) is 11.3 Å². The molecule has 36 heavy (non-hydrogen) atoms. The molecule has 0 aromatic carbocycles. The first-order valence-electron chi connectivity index (χ1n) is 13.0. The maximum Gasteiger partial charge on any atom is 0.434 e. The van der Waals surface area contributed by atoms with E-state index in [-0.39, 0.29) is 47.9 Å². The number of carbonyl (C=O) groups excluding carboxylic acids is 1. The number of alkyl halides is 3. The molecule has 5 rings (SSSR count). The Morgan fingerprint density at radius 1 is 1.25 bits per heavy atom. The van der Waals surface area contributed by atoms with Crippen LogP contribution in [0.1, 0.15) is 51.6 Å².